The van der Waals surface area contributed by atoms with Gasteiger partial charge in [0.1, 0.15) is 11.5 Å². The third-order valence-electron chi connectivity index (χ3n) is 2.27. The third kappa shape index (κ3) is 4.02. The molecule has 0 aromatic heterocycles. The summed E-state index contributed by atoms with van der Waals surface area (Å²) in [5, 5.41) is 4.83. The molecule has 0 fully saturated rings. The van der Waals surface area contributed by atoms with Crippen molar-refractivity contribution in [3.8, 4) is 11.5 Å². The number of amides is 2. The molecule has 0 aliphatic heterocycles. The third-order valence-corrected chi connectivity index (χ3v) is 2.27. The van der Waals surface area contributed by atoms with Crippen molar-refractivity contribution in [1.82, 2.24) is 5.32 Å². The van der Waals surface area contributed by atoms with Gasteiger partial charge in [0.2, 0.25) is 0 Å². The van der Waals surface area contributed by atoms with Crippen LogP contribution in [0.25, 0.3) is 0 Å². The van der Waals surface area contributed by atoms with Crippen molar-refractivity contribution in [1.29, 1.82) is 0 Å². The van der Waals surface area contributed by atoms with Crippen LogP contribution in [-0.4, -0.2) is 32.6 Å². The minimum atomic E-state index is -0.784. The molecule has 6 heteroatoms. The van der Waals surface area contributed by atoms with Crippen LogP contribution in [0.2, 0.25) is 0 Å². The smallest absolute Gasteiger partial charge is 0.313 e. The minimum absolute atomic E-state index is 0.224. The van der Waals surface area contributed by atoms with E-state index in [1.54, 1.807) is 18.2 Å². The van der Waals surface area contributed by atoms with E-state index in [9.17, 15) is 9.59 Å². The molecule has 1 aromatic carbocycles. The van der Waals surface area contributed by atoms with Crippen molar-refractivity contribution < 1.29 is 19.1 Å². The van der Waals surface area contributed by atoms with Crippen LogP contribution in [0.15, 0.2) is 30.9 Å². The molecule has 0 unspecified atom stereocenters. The summed E-state index contributed by atoms with van der Waals surface area (Å²) in [5.74, 6) is -0.550. The Bertz CT molecular complexity index is 486. The average Bonchev–Trinajstić information content (AvgIpc) is 2.44. The first-order valence-electron chi connectivity index (χ1n) is 5.54. The summed E-state index contributed by atoms with van der Waals surface area (Å²) in [5.41, 5.74) is 0.362. The lowest BCUT2D eigenvalue weighted by Gasteiger charge is -2.11. The second-order valence-electron chi connectivity index (χ2n) is 3.52. The Hall–Kier alpha value is -2.50. The van der Waals surface area contributed by atoms with Gasteiger partial charge < -0.3 is 20.1 Å². The average molecular weight is 264 g/mol. The topological polar surface area (TPSA) is 76.7 Å². The van der Waals surface area contributed by atoms with E-state index in [0.717, 1.165) is 0 Å². The van der Waals surface area contributed by atoms with Gasteiger partial charge in [-0.15, -0.1) is 6.58 Å². The number of nitrogens with one attached hydrogen (secondary N) is 2. The van der Waals surface area contributed by atoms with Gasteiger partial charge in [-0.3, -0.25) is 9.59 Å². The summed E-state index contributed by atoms with van der Waals surface area (Å²) in [6.07, 6.45) is 1.48. The van der Waals surface area contributed by atoms with Crippen molar-refractivity contribution in [3.05, 3.63) is 30.9 Å². The van der Waals surface area contributed by atoms with Crippen LogP contribution in [0.3, 0.4) is 0 Å². The largest absolute Gasteiger partial charge is 0.497 e. The molecule has 0 atom stereocenters. The molecule has 102 valence electrons. The highest BCUT2D eigenvalue weighted by Crippen LogP contribution is 2.28. The van der Waals surface area contributed by atoms with Crippen LogP contribution in [0.4, 0.5) is 5.69 Å². The fourth-order valence-electron chi connectivity index (χ4n) is 1.34. The second kappa shape index (κ2) is 7.05. The van der Waals surface area contributed by atoms with E-state index in [-0.39, 0.29) is 6.54 Å². The van der Waals surface area contributed by atoms with Gasteiger partial charge in [0.15, 0.2) is 0 Å². The Morgan fingerprint density at radius 1 is 1.26 bits per heavy atom. The van der Waals surface area contributed by atoms with E-state index in [1.165, 1.54) is 20.3 Å². The zero-order chi connectivity index (χ0) is 14.3. The lowest BCUT2D eigenvalue weighted by molar-refractivity contribution is -0.136. The van der Waals surface area contributed by atoms with Crippen LogP contribution in [0.1, 0.15) is 0 Å². The molecule has 0 saturated carbocycles. The van der Waals surface area contributed by atoms with Gasteiger partial charge in [0, 0.05) is 12.6 Å². The molecule has 1 rings (SSSR count). The highest BCUT2D eigenvalue weighted by Gasteiger charge is 2.15. The molecule has 0 bridgehead atoms. The molecule has 0 radical (unpaired) electrons. The lowest BCUT2D eigenvalue weighted by Crippen LogP contribution is -2.35. The predicted molar refractivity (Wildman–Crippen MR) is 71.4 cm³/mol. The molecule has 0 heterocycles. The van der Waals surface area contributed by atoms with Crippen LogP contribution >= 0.6 is 0 Å². The Morgan fingerprint density at radius 3 is 2.58 bits per heavy atom. The number of anilines is 1. The molecule has 2 amide bonds. The fraction of sp³-hybridized carbons (Fsp3) is 0.231. The lowest BCUT2D eigenvalue weighted by atomic mass is 10.2. The van der Waals surface area contributed by atoms with E-state index in [0.29, 0.717) is 17.2 Å². The van der Waals surface area contributed by atoms with E-state index in [2.05, 4.69) is 17.2 Å². The number of hydrogen-bond donors (Lipinski definition) is 2. The highest BCUT2D eigenvalue weighted by molar-refractivity contribution is 6.39. The van der Waals surface area contributed by atoms with Crippen LogP contribution < -0.4 is 20.1 Å². The number of rotatable bonds is 5. The van der Waals surface area contributed by atoms with Gasteiger partial charge in [-0.2, -0.15) is 0 Å². The van der Waals surface area contributed by atoms with Gasteiger partial charge >= 0.3 is 11.8 Å². The molecular formula is C13H16N2O4. The molecule has 0 aliphatic carbocycles. The Labute approximate surface area is 111 Å². The maximum Gasteiger partial charge on any atom is 0.313 e. The first kappa shape index (κ1) is 14.6. The van der Waals surface area contributed by atoms with Gasteiger partial charge in [0.05, 0.1) is 19.9 Å². The molecule has 0 aliphatic rings. The Morgan fingerprint density at radius 2 is 2.00 bits per heavy atom. The van der Waals surface area contributed by atoms with Gasteiger partial charge in [-0.05, 0) is 12.1 Å². The van der Waals surface area contributed by atoms with E-state index in [1.807, 2.05) is 0 Å². The number of benzene rings is 1. The summed E-state index contributed by atoms with van der Waals surface area (Å²) in [6, 6.07) is 4.89. The maximum absolute atomic E-state index is 11.6. The standard InChI is InChI=1S/C13H16N2O4/c1-4-7-14-12(16)13(17)15-10-8-9(18-2)5-6-11(10)19-3/h4-6,8H,1,7H2,2-3H3,(H,14,16)(H,15,17). The van der Waals surface area contributed by atoms with E-state index < -0.39 is 11.8 Å². The maximum atomic E-state index is 11.6. The number of carbonyl (C=O) groups is 2. The van der Waals surface area contributed by atoms with Crippen molar-refractivity contribution >= 4 is 17.5 Å². The van der Waals surface area contributed by atoms with Crippen molar-refractivity contribution in [2.45, 2.75) is 0 Å². The molecule has 1 aromatic rings. The molecule has 2 N–H and O–H groups in total. The number of ether oxygens (including phenoxy) is 2. The number of carbonyl (C=O) groups excluding carboxylic acids is 2. The van der Waals surface area contributed by atoms with E-state index >= 15 is 0 Å². The van der Waals surface area contributed by atoms with Gasteiger partial charge in [-0.1, -0.05) is 6.08 Å². The van der Waals surface area contributed by atoms with Crippen LogP contribution in [0.5, 0.6) is 11.5 Å². The van der Waals surface area contributed by atoms with Crippen molar-refractivity contribution in [2.75, 3.05) is 26.1 Å². The van der Waals surface area contributed by atoms with Crippen LogP contribution in [0, 0.1) is 0 Å². The molecule has 0 saturated heterocycles. The predicted octanol–water partition coefficient (Wildman–Crippen LogP) is 0.944. The first-order valence-corrected chi connectivity index (χ1v) is 5.54. The number of hydrogen-bond acceptors (Lipinski definition) is 4. The Kier molecular flexibility index (Phi) is 5.40. The zero-order valence-electron chi connectivity index (χ0n) is 10.9. The molecule has 6 nitrogen and oxygen atoms in total. The summed E-state index contributed by atoms with van der Waals surface area (Å²) in [6.45, 7) is 3.67. The first-order chi connectivity index (χ1) is 9.12. The minimum Gasteiger partial charge on any atom is -0.497 e. The van der Waals surface area contributed by atoms with Crippen LogP contribution in [-0.2, 0) is 9.59 Å². The molecular weight excluding hydrogens is 248 g/mol. The monoisotopic (exact) mass is 264 g/mol. The van der Waals surface area contributed by atoms with Gasteiger partial charge in [0.25, 0.3) is 0 Å². The summed E-state index contributed by atoms with van der Waals surface area (Å²) >= 11 is 0. The summed E-state index contributed by atoms with van der Waals surface area (Å²) in [7, 11) is 2.97. The van der Waals surface area contributed by atoms with Crippen molar-refractivity contribution in [3.63, 3.8) is 0 Å². The molecule has 0 spiro atoms. The normalized spacial score (nSPS) is 9.37. The summed E-state index contributed by atoms with van der Waals surface area (Å²) < 4.78 is 10.1. The van der Waals surface area contributed by atoms with Gasteiger partial charge in [-0.25, -0.2) is 0 Å². The quantitative estimate of drug-likeness (QED) is 0.613. The Balaban J connectivity index is 2.82. The molecule has 19 heavy (non-hydrogen) atoms. The highest BCUT2D eigenvalue weighted by atomic mass is 16.5. The summed E-state index contributed by atoms with van der Waals surface area (Å²) in [4.78, 5) is 23.0. The second-order valence-corrected chi connectivity index (χ2v) is 3.52. The van der Waals surface area contributed by atoms with Crippen molar-refractivity contribution in [2.24, 2.45) is 0 Å². The SMILES string of the molecule is C=CCNC(=O)C(=O)Nc1cc(OC)ccc1OC. The fourth-order valence-corrected chi connectivity index (χ4v) is 1.34. The number of methoxy groups -OCH3 is 2. The zero-order valence-corrected chi connectivity index (χ0v) is 10.9. The van der Waals surface area contributed by atoms with E-state index in [4.69, 9.17) is 9.47 Å².